The summed E-state index contributed by atoms with van der Waals surface area (Å²) in [4.78, 5) is 33.8. The van der Waals surface area contributed by atoms with Crippen molar-refractivity contribution >= 4 is 35.4 Å². The van der Waals surface area contributed by atoms with Gasteiger partial charge in [0.15, 0.2) is 0 Å². The molecule has 0 aliphatic carbocycles. The molecular formula is C21H17N3O5. The lowest BCUT2D eigenvalue weighted by Gasteiger charge is -2.03. The Kier molecular flexibility index (Phi) is 7.39. The zero-order valence-corrected chi connectivity index (χ0v) is 15.5. The largest absolute Gasteiger partial charge is 0.462 e. The van der Waals surface area contributed by atoms with E-state index in [1.807, 2.05) is 0 Å². The zero-order chi connectivity index (χ0) is 21.2. The van der Waals surface area contributed by atoms with Gasteiger partial charge in [-0.25, -0.2) is 4.79 Å². The number of nitriles is 1. The number of nitrogens with zero attached hydrogens (tertiary/aromatic N) is 2. The molecule has 2 aromatic carbocycles. The lowest BCUT2D eigenvalue weighted by Crippen LogP contribution is -2.07. The van der Waals surface area contributed by atoms with Gasteiger partial charge in [0.25, 0.3) is 5.69 Å². The van der Waals surface area contributed by atoms with Gasteiger partial charge in [-0.05, 0) is 54.5 Å². The van der Waals surface area contributed by atoms with Gasteiger partial charge < -0.3 is 10.1 Å². The molecule has 1 amide bonds. The Hall–Kier alpha value is -4.25. The predicted molar refractivity (Wildman–Crippen MR) is 107 cm³/mol. The molecule has 0 aromatic heterocycles. The maximum atomic E-state index is 12.0. The number of rotatable bonds is 7. The van der Waals surface area contributed by atoms with Gasteiger partial charge >= 0.3 is 5.97 Å². The molecule has 0 unspecified atom stereocenters. The Morgan fingerprint density at radius 3 is 2.31 bits per heavy atom. The highest BCUT2D eigenvalue weighted by Crippen LogP contribution is 2.15. The number of nitrogens with one attached hydrogen (secondary N) is 1. The Balaban J connectivity index is 2.00. The van der Waals surface area contributed by atoms with Crippen LogP contribution in [0.4, 0.5) is 11.4 Å². The maximum absolute atomic E-state index is 12.0. The number of carbonyl (C=O) groups is 2. The minimum Gasteiger partial charge on any atom is -0.462 e. The summed E-state index contributed by atoms with van der Waals surface area (Å²) in [6.45, 7) is 1.83. The van der Waals surface area contributed by atoms with Gasteiger partial charge in [-0.2, -0.15) is 5.26 Å². The Morgan fingerprint density at radius 2 is 1.76 bits per heavy atom. The van der Waals surface area contributed by atoms with Crippen LogP contribution in [0.15, 0.2) is 60.2 Å². The summed E-state index contributed by atoms with van der Waals surface area (Å²) in [5.74, 6) is -1.07. The quantitative estimate of drug-likeness (QED) is 0.252. The van der Waals surface area contributed by atoms with Crippen LogP contribution in [0.5, 0.6) is 0 Å². The molecule has 0 bridgehead atoms. The summed E-state index contributed by atoms with van der Waals surface area (Å²) in [7, 11) is 0. The van der Waals surface area contributed by atoms with E-state index in [4.69, 9.17) is 10.00 Å². The predicted octanol–water partition coefficient (Wildman–Crippen LogP) is 3.72. The number of amides is 1. The second kappa shape index (κ2) is 10.2. The molecule has 146 valence electrons. The number of non-ortho nitro benzene ring substituents is 1. The van der Waals surface area contributed by atoms with E-state index in [2.05, 4.69) is 5.32 Å². The van der Waals surface area contributed by atoms with Crippen LogP contribution in [0.3, 0.4) is 0 Å². The highest BCUT2D eigenvalue weighted by molar-refractivity contribution is 6.02. The van der Waals surface area contributed by atoms with Crippen molar-refractivity contribution in [3.05, 3.63) is 81.4 Å². The van der Waals surface area contributed by atoms with Crippen LogP contribution in [0.25, 0.3) is 12.2 Å². The normalized spacial score (nSPS) is 11.0. The summed E-state index contributed by atoms with van der Waals surface area (Å²) >= 11 is 0. The third-order valence-corrected chi connectivity index (χ3v) is 3.64. The topological polar surface area (TPSA) is 122 Å². The van der Waals surface area contributed by atoms with Crippen molar-refractivity contribution in [2.45, 2.75) is 6.92 Å². The zero-order valence-electron chi connectivity index (χ0n) is 15.5. The van der Waals surface area contributed by atoms with Crippen molar-refractivity contribution in [1.82, 2.24) is 0 Å². The van der Waals surface area contributed by atoms with Crippen LogP contribution in [-0.2, 0) is 14.3 Å². The van der Waals surface area contributed by atoms with Gasteiger partial charge in [0.05, 0.1) is 11.5 Å². The Bertz CT molecular complexity index is 1000. The summed E-state index contributed by atoms with van der Waals surface area (Å²) in [6, 6.07) is 14.1. The average molecular weight is 391 g/mol. The van der Waals surface area contributed by atoms with E-state index in [-0.39, 0.29) is 23.8 Å². The Labute approximate surface area is 166 Å². The van der Waals surface area contributed by atoms with E-state index in [0.717, 1.165) is 0 Å². The molecule has 0 spiro atoms. The van der Waals surface area contributed by atoms with Crippen LogP contribution in [0.1, 0.15) is 18.1 Å². The van der Waals surface area contributed by atoms with Crippen molar-refractivity contribution in [2.75, 3.05) is 11.9 Å². The standard InChI is InChI=1S/C21H17N3O5/c1-2-29-21(26)17(14-22)13-16-3-8-18(9-4-16)23-20(25)12-7-15-5-10-19(11-6-15)24(27)28/h3-13H,2H2,1H3,(H,23,25). The maximum Gasteiger partial charge on any atom is 0.348 e. The van der Waals surface area contributed by atoms with Gasteiger partial charge in [0, 0.05) is 23.9 Å². The SMILES string of the molecule is CCOC(=O)C(C#N)=Cc1ccc(NC(=O)C=Cc2ccc([N+](=O)[O-])cc2)cc1. The van der Waals surface area contributed by atoms with E-state index in [1.165, 1.54) is 30.4 Å². The summed E-state index contributed by atoms with van der Waals surface area (Å²) < 4.78 is 4.80. The summed E-state index contributed by atoms with van der Waals surface area (Å²) in [5.41, 5.74) is 1.64. The fourth-order valence-corrected chi connectivity index (χ4v) is 2.24. The van der Waals surface area contributed by atoms with E-state index in [9.17, 15) is 19.7 Å². The van der Waals surface area contributed by atoms with Gasteiger partial charge in [0.2, 0.25) is 5.91 Å². The van der Waals surface area contributed by atoms with Crippen LogP contribution < -0.4 is 5.32 Å². The minimum atomic E-state index is -0.691. The van der Waals surface area contributed by atoms with Crippen molar-refractivity contribution in [2.24, 2.45) is 0 Å². The number of ether oxygens (including phenoxy) is 1. The van der Waals surface area contributed by atoms with Crippen molar-refractivity contribution in [1.29, 1.82) is 5.26 Å². The number of anilines is 1. The smallest absolute Gasteiger partial charge is 0.348 e. The van der Waals surface area contributed by atoms with Gasteiger partial charge in [-0.15, -0.1) is 0 Å². The average Bonchev–Trinajstić information content (AvgIpc) is 2.72. The van der Waals surface area contributed by atoms with Gasteiger partial charge in [0.1, 0.15) is 11.6 Å². The second-order valence-electron chi connectivity index (χ2n) is 5.68. The lowest BCUT2D eigenvalue weighted by molar-refractivity contribution is -0.384. The number of benzene rings is 2. The molecule has 0 aliphatic rings. The van der Waals surface area contributed by atoms with Crippen molar-refractivity contribution in [3.63, 3.8) is 0 Å². The minimum absolute atomic E-state index is 0.0248. The van der Waals surface area contributed by atoms with Crippen molar-refractivity contribution < 1.29 is 19.2 Å². The monoisotopic (exact) mass is 391 g/mol. The summed E-state index contributed by atoms with van der Waals surface area (Å²) in [5, 5.41) is 22.3. The number of nitro benzene ring substituents is 1. The van der Waals surface area contributed by atoms with E-state index in [0.29, 0.717) is 16.8 Å². The van der Waals surface area contributed by atoms with E-state index < -0.39 is 10.9 Å². The highest BCUT2D eigenvalue weighted by Gasteiger charge is 2.09. The third kappa shape index (κ3) is 6.45. The molecular weight excluding hydrogens is 374 g/mol. The Morgan fingerprint density at radius 1 is 1.14 bits per heavy atom. The molecule has 2 aromatic rings. The molecule has 0 heterocycles. The molecule has 0 saturated heterocycles. The molecule has 29 heavy (non-hydrogen) atoms. The van der Waals surface area contributed by atoms with Crippen LogP contribution in [0.2, 0.25) is 0 Å². The first-order valence-electron chi connectivity index (χ1n) is 8.55. The molecule has 0 radical (unpaired) electrons. The number of carbonyl (C=O) groups excluding carboxylic acids is 2. The lowest BCUT2D eigenvalue weighted by atomic mass is 10.1. The first-order valence-corrected chi connectivity index (χ1v) is 8.55. The molecule has 0 aliphatic heterocycles. The highest BCUT2D eigenvalue weighted by atomic mass is 16.6. The van der Waals surface area contributed by atoms with Gasteiger partial charge in [-0.3, -0.25) is 14.9 Å². The van der Waals surface area contributed by atoms with Crippen LogP contribution >= 0.6 is 0 Å². The molecule has 8 nitrogen and oxygen atoms in total. The molecule has 0 fully saturated rings. The molecule has 2 rings (SSSR count). The molecule has 0 saturated carbocycles. The number of hydrogen-bond donors (Lipinski definition) is 1. The second-order valence-corrected chi connectivity index (χ2v) is 5.68. The van der Waals surface area contributed by atoms with Gasteiger partial charge in [-0.1, -0.05) is 12.1 Å². The fraction of sp³-hybridized carbons (Fsp3) is 0.0952. The van der Waals surface area contributed by atoms with Crippen LogP contribution in [0, 0.1) is 21.4 Å². The molecule has 8 heteroatoms. The van der Waals surface area contributed by atoms with Crippen LogP contribution in [-0.4, -0.2) is 23.4 Å². The first-order chi connectivity index (χ1) is 13.9. The van der Waals surface area contributed by atoms with E-state index >= 15 is 0 Å². The van der Waals surface area contributed by atoms with Crippen molar-refractivity contribution in [3.8, 4) is 6.07 Å². The van der Waals surface area contributed by atoms with E-state index in [1.54, 1.807) is 49.4 Å². The first kappa shape index (κ1) is 21.1. The molecule has 0 atom stereocenters. The number of nitro groups is 1. The summed E-state index contributed by atoms with van der Waals surface area (Å²) in [6.07, 6.45) is 4.25. The fourth-order valence-electron chi connectivity index (χ4n) is 2.24. The number of hydrogen-bond acceptors (Lipinski definition) is 6. The number of esters is 1. The third-order valence-electron chi connectivity index (χ3n) is 3.64. The molecule has 1 N–H and O–H groups in total.